The van der Waals surface area contributed by atoms with Crippen molar-refractivity contribution in [2.75, 3.05) is 38.6 Å². The van der Waals surface area contributed by atoms with Crippen molar-refractivity contribution in [1.29, 1.82) is 0 Å². The Morgan fingerprint density at radius 1 is 1.24 bits per heavy atom. The van der Waals surface area contributed by atoms with Gasteiger partial charge < -0.3 is 15.1 Å². The zero-order valence-electron chi connectivity index (χ0n) is 14.1. The molecule has 1 aromatic rings. The van der Waals surface area contributed by atoms with Crippen molar-refractivity contribution >= 4 is 17.3 Å². The highest BCUT2D eigenvalue weighted by molar-refractivity contribution is 6.31. The number of likely N-dealkylation sites (N-methyl/N-ethyl adjacent to an activating group) is 2. The van der Waals surface area contributed by atoms with Gasteiger partial charge in [-0.05, 0) is 58.6 Å². The lowest BCUT2D eigenvalue weighted by molar-refractivity contribution is 0.373. The fourth-order valence-electron chi connectivity index (χ4n) is 2.63. The Kier molecular flexibility index (Phi) is 8.09. The van der Waals surface area contributed by atoms with E-state index >= 15 is 0 Å². The predicted molar refractivity (Wildman–Crippen MR) is 94.5 cm³/mol. The molecule has 1 rings (SSSR count). The fourth-order valence-corrected chi connectivity index (χ4v) is 2.88. The molecule has 0 spiro atoms. The lowest BCUT2D eigenvalue weighted by Gasteiger charge is -2.32. The van der Waals surface area contributed by atoms with Crippen molar-refractivity contribution in [2.24, 2.45) is 0 Å². The number of nitrogens with one attached hydrogen (secondary N) is 1. The molecule has 0 bridgehead atoms. The second-order valence-corrected chi connectivity index (χ2v) is 6.26. The third-order valence-electron chi connectivity index (χ3n) is 3.61. The van der Waals surface area contributed by atoms with Gasteiger partial charge in [0.1, 0.15) is 0 Å². The molecular formula is C17H30ClN3. The smallest absolute Gasteiger partial charge is 0.0471 e. The van der Waals surface area contributed by atoms with Crippen LogP contribution in [0, 0.1) is 0 Å². The predicted octanol–water partition coefficient (Wildman–Crippen LogP) is 3.62. The zero-order chi connectivity index (χ0) is 15.8. The molecule has 0 aliphatic rings. The zero-order valence-corrected chi connectivity index (χ0v) is 14.9. The van der Waals surface area contributed by atoms with E-state index in [1.165, 1.54) is 11.3 Å². The van der Waals surface area contributed by atoms with Crippen LogP contribution >= 0.6 is 11.6 Å². The van der Waals surface area contributed by atoms with Gasteiger partial charge in [0.2, 0.25) is 0 Å². The number of hydrogen-bond donors (Lipinski definition) is 1. The Morgan fingerprint density at radius 2 is 1.95 bits per heavy atom. The molecule has 0 aliphatic carbocycles. The van der Waals surface area contributed by atoms with Gasteiger partial charge >= 0.3 is 0 Å². The lowest BCUT2D eigenvalue weighted by Crippen LogP contribution is -2.40. The van der Waals surface area contributed by atoms with Crippen LogP contribution in [0.4, 0.5) is 5.69 Å². The Morgan fingerprint density at radius 3 is 2.48 bits per heavy atom. The monoisotopic (exact) mass is 311 g/mol. The summed E-state index contributed by atoms with van der Waals surface area (Å²) in [5, 5.41) is 4.25. The van der Waals surface area contributed by atoms with Crippen molar-refractivity contribution in [3.63, 3.8) is 0 Å². The minimum atomic E-state index is 0.463. The van der Waals surface area contributed by atoms with Crippen LogP contribution in [0.15, 0.2) is 18.2 Å². The highest BCUT2D eigenvalue weighted by Crippen LogP contribution is 2.25. The first kappa shape index (κ1) is 18.3. The fraction of sp³-hybridized carbons (Fsp3) is 0.647. The Bertz CT molecular complexity index is 420. The number of benzene rings is 1. The molecule has 0 heterocycles. The van der Waals surface area contributed by atoms with Crippen molar-refractivity contribution in [3.05, 3.63) is 28.8 Å². The largest absolute Gasteiger partial charge is 0.368 e. The van der Waals surface area contributed by atoms with Crippen LogP contribution in [0.5, 0.6) is 0 Å². The van der Waals surface area contributed by atoms with Crippen molar-refractivity contribution in [1.82, 2.24) is 10.2 Å². The molecule has 3 nitrogen and oxygen atoms in total. The molecule has 1 unspecified atom stereocenters. The minimum Gasteiger partial charge on any atom is -0.368 e. The maximum atomic E-state index is 6.44. The molecule has 1 aromatic carbocycles. The van der Waals surface area contributed by atoms with Crippen molar-refractivity contribution < 1.29 is 0 Å². The van der Waals surface area contributed by atoms with E-state index in [-0.39, 0.29) is 0 Å². The molecule has 21 heavy (non-hydrogen) atoms. The molecule has 0 saturated heterocycles. The van der Waals surface area contributed by atoms with Gasteiger partial charge in [0.25, 0.3) is 0 Å². The standard InChI is InChI=1S/C17H30ClN3/c1-6-10-19-12-15-8-9-16(11-17(15)18)21(7-2)14(3)13-20(4)5/h8-9,11,14,19H,6-7,10,12-13H2,1-5H3. The molecule has 0 amide bonds. The summed E-state index contributed by atoms with van der Waals surface area (Å²) in [6.45, 7) is 10.5. The van der Waals surface area contributed by atoms with Gasteiger partial charge in [0, 0.05) is 36.4 Å². The van der Waals surface area contributed by atoms with E-state index in [4.69, 9.17) is 11.6 Å². The number of rotatable bonds is 9. The topological polar surface area (TPSA) is 18.5 Å². The van der Waals surface area contributed by atoms with Crippen LogP contribution in [0.2, 0.25) is 5.02 Å². The van der Waals surface area contributed by atoms with Gasteiger partial charge in [-0.2, -0.15) is 0 Å². The summed E-state index contributed by atoms with van der Waals surface area (Å²) in [4.78, 5) is 4.62. The molecule has 0 aromatic heterocycles. The molecule has 0 fully saturated rings. The van der Waals surface area contributed by atoms with Gasteiger partial charge in [-0.1, -0.05) is 24.6 Å². The first-order valence-electron chi connectivity index (χ1n) is 7.90. The SMILES string of the molecule is CCCNCc1ccc(N(CC)C(C)CN(C)C)cc1Cl. The van der Waals surface area contributed by atoms with Crippen LogP contribution in [0.1, 0.15) is 32.8 Å². The van der Waals surface area contributed by atoms with E-state index in [9.17, 15) is 0 Å². The van der Waals surface area contributed by atoms with Crippen LogP contribution in [0.3, 0.4) is 0 Å². The first-order chi connectivity index (χ1) is 9.99. The van der Waals surface area contributed by atoms with E-state index in [2.05, 4.69) is 68.2 Å². The van der Waals surface area contributed by atoms with Crippen LogP contribution in [0.25, 0.3) is 0 Å². The second-order valence-electron chi connectivity index (χ2n) is 5.85. The first-order valence-corrected chi connectivity index (χ1v) is 8.27. The normalized spacial score (nSPS) is 12.7. The van der Waals surface area contributed by atoms with Gasteiger partial charge in [-0.15, -0.1) is 0 Å². The lowest BCUT2D eigenvalue weighted by atomic mass is 10.1. The van der Waals surface area contributed by atoms with E-state index in [1.54, 1.807) is 0 Å². The van der Waals surface area contributed by atoms with E-state index in [0.29, 0.717) is 6.04 Å². The highest BCUT2D eigenvalue weighted by atomic mass is 35.5. The molecule has 4 heteroatoms. The van der Waals surface area contributed by atoms with E-state index in [0.717, 1.165) is 37.6 Å². The van der Waals surface area contributed by atoms with Crippen molar-refractivity contribution in [3.8, 4) is 0 Å². The summed E-state index contributed by atoms with van der Waals surface area (Å²) < 4.78 is 0. The van der Waals surface area contributed by atoms with Crippen LogP contribution in [-0.2, 0) is 6.54 Å². The molecule has 0 radical (unpaired) electrons. The van der Waals surface area contributed by atoms with Gasteiger partial charge in [0.15, 0.2) is 0 Å². The summed E-state index contributed by atoms with van der Waals surface area (Å²) in [5.41, 5.74) is 2.38. The maximum Gasteiger partial charge on any atom is 0.0471 e. The third kappa shape index (κ3) is 5.85. The van der Waals surface area contributed by atoms with Crippen molar-refractivity contribution in [2.45, 2.75) is 39.8 Å². The highest BCUT2D eigenvalue weighted by Gasteiger charge is 2.14. The number of nitrogens with zero attached hydrogens (tertiary/aromatic N) is 2. The van der Waals surface area contributed by atoms with Gasteiger partial charge in [-0.3, -0.25) is 0 Å². The van der Waals surface area contributed by atoms with E-state index in [1.807, 2.05) is 0 Å². The summed E-state index contributed by atoms with van der Waals surface area (Å²) in [5.74, 6) is 0. The number of hydrogen-bond acceptors (Lipinski definition) is 3. The average molecular weight is 312 g/mol. The number of halogens is 1. The summed E-state index contributed by atoms with van der Waals surface area (Å²) in [7, 11) is 4.22. The Hall–Kier alpha value is -0.770. The molecule has 0 saturated carbocycles. The summed E-state index contributed by atoms with van der Waals surface area (Å²) >= 11 is 6.44. The number of anilines is 1. The summed E-state index contributed by atoms with van der Waals surface area (Å²) in [6.07, 6.45) is 1.14. The molecule has 1 N–H and O–H groups in total. The Labute approximate surface area is 135 Å². The Balaban J connectivity index is 2.79. The van der Waals surface area contributed by atoms with Crippen LogP contribution < -0.4 is 10.2 Å². The molecule has 0 aliphatic heterocycles. The molecule has 120 valence electrons. The maximum absolute atomic E-state index is 6.44. The summed E-state index contributed by atoms with van der Waals surface area (Å²) in [6, 6.07) is 6.89. The minimum absolute atomic E-state index is 0.463. The van der Waals surface area contributed by atoms with Crippen LogP contribution in [-0.4, -0.2) is 44.7 Å². The van der Waals surface area contributed by atoms with Gasteiger partial charge in [0.05, 0.1) is 0 Å². The third-order valence-corrected chi connectivity index (χ3v) is 3.96. The molecular weight excluding hydrogens is 282 g/mol. The molecule has 1 atom stereocenters. The quantitative estimate of drug-likeness (QED) is 0.703. The van der Waals surface area contributed by atoms with E-state index < -0.39 is 0 Å². The second kappa shape index (κ2) is 9.29. The average Bonchev–Trinajstić information content (AvgIpc) is 2.41. The van der Waals surface area contributed by atoms with Gasteiger partial charge in [-0.25, -0.2) is 0 Å².